The van der Waals surface area contributed by atoms with Crippen LogP contribution in [0.5, 0.6) is 0 Å². The quantitative estimate of drug-likeness (QED) is 0.314. The zero-order valence-electron chi connectivity index (χ0n) is 1.80. The minimum Gasteiger partial charge on any atom is -0.412 e. The van der Waals surface area contributed by atoms with Gasteiger partial charge in [0.25, 0.3) is 0 Å². The first-order valence-electron chi connectivity index (χ1n) is 0. The van der Waals surface area contributed by atoms with Crippen molar-refractivity contribution in [3.05, 3.63) is 0 Å². The first-order chi connectivity index (χ1) is 0. The summed E-state index contributed by atoms with van der Waals surface area (Å²) in [6, 6.07) is 0. The van der Waals surface area contributed by atoms with Crippen molar-refractivity contribution in [1.82, 2.24) is 0 Å². The first kappa shape index (κ1) is 319. The smallest absolute Gasteiger partial charge is 0 e. The third-order valence-corrected chi connectivity index (χ3v) is 0. The predicted octanol–water partition coefficient (Wildman–Crippen LogP) is -2.48. The van der Waals surface area contributed by atoms with Gasteiger partial charge in [0.2, 0.25) is 0 Å². The molecule has 6 N–H and O–H groups in total. The maximum atomic E-state index is 0. The van der Waals surface area contributed by atoms with Gasteiger partial charge >= 0.3 is 0 Å². The molecule has 0 unspecified atom stereocenters. The van der Waals surface area contributed by atoms with Crippen LogP contribution in [0.3, 0.4) is 0 Å². The third-order valence-electron chi connectivity index (χ3n) is 0. The summed E-state index contributed by atoms with van der Waals surface area (Å²) in [6.07, 6.45) is 0. The van der Waals surface area contributed by atoms with Crippen molar-refractivity contribution in [1.29, 1.82) is 0 Å². The number of rotatable bonds is 0. The molecule has 0 fully saturated rings. The van der Waals surface area contributed by atoms with Gasteiger partial charge in [-0.15, -0.1) is 0 Å². The van der Waals surface area contributed by atoms with Crippen LogP contribution in [0.4, 0.5) is 0 Å². The summed E-state index contributed by atoms with van der Waals surface area (Å²) >= 11 is 0. The average Bonchev–Trinajstić information content (AvgIpc) is 0. The second kappa shape index (κ2) is 123. The van der Waals surface area contributed by atoms with E-state index in [0.717, 1.165) is 0 Å². The zero-order valence-corrected chi connectivity index (χ0v) is 2.74. The van der Waals surface area contributed by atoms with E-state index >= 15 is 0 Å². The van der Waals surface area contributed by atoms with Gasteiger partial charge in [-0.1, -0.05) is 0 Å². The first-order valence-corrected chi connectivity index (χ1v) is 0. The van der Waals surface area contributed by atoms with Crippen molar-refractivity contribution >= 4 is 0 Å². The Morgan fingerprint density at radius 2 is 0.500 bits per heavy atom. The van der Waals surface area contributed by atoms with E-state index in [1.165, 1.54) is 0 Å². The van der Waals surface area contributed by atoms with Crippen molar-refractivity contribution in [3.8, 4) is 0 Å². The van der Waals surface area contributed by atoms with Crippen LogP contribution < -0.4 is 0 Å². The van der Waals surface area contributed by atoms with Gasteiger partial charge in [0.15, 0.2) is 0 Å². The fourth-order valence-electron chi connectivity index (χ4n) is 0. The molecule has 0 bridgehead atoms. The van der Waals surface area contributed by atoms with E-state index in [1.54, 1.807) is 0 Å². The second-order valence-corrected chi connectivity index (χ2v) is 0. The van der Waals surface area contributed by atoms with Crippen molar-refractivity contribution in [2.75, 3.05) is 0 Å². The average molecular weight is 118 g/mol. The Morgan fingerprint density at radius 1 is 0.500 bits per heavy atom. The van der Waals surface area contributed by atoms with Crippen LogP contribution in [-0.4, -0.2) is 16.4 Å². The Balaban J connectivity index is 0. The maximum Gasteiger partial charge on any atom is 0 e. The van der Waals surface area contributed by atoms with Crippen molar-refractivity contribution in [3.63, 3.8) is 0 Å². The van der Waals surface area contributed by atoms with E-state index in [1.807, 2.05) is 0 Å². The fraction of sp³-hybridized carbons (Fsp3) is 0. The molecule has 0 saturated heterocycles. The third kappa shape index (κ3) is 29.4. The monoisotopic (exact) mass is 117 g/mol. The van der Waals surface area contributed by atoms with E-state index in [-0.39, 0.29) is 33.5 Å². The summed E-state index contributed by atoms with van der Waals surface area (Å²) in [4.78, 5) is 0. The molecule has 0 amide bonds. The molecule has 0 aliphatic heterocycles. The topological polar surface area (TPSA) is 94.5 Å². The Bertz CT molecular complexity index is 3.25. The molecule has 0 spiro atoms. The largest absolute Gasteiger partial charge is 0.412 e. The van der Waals surface area contributed by atoms with Gasteiger partial charge in [0.1, 0.15) is 0 Å². The zero-order chi connectivity index (χ0) is 0. The molecule has 0 aromatic rings. The van der Waals surface area contributed by atoms with Gasteiger partial charge in [-0.3, -0.25) is 0 Å². The number of hydrogen-bond acceptors (Lipinski definition) is 0. The molecule has 35 valence electrons. The summed E-state index contributed by atoms with van der Waals surface area (Å²) in [5.74, 6) is 0. The van der Waals surface area contributed by atoms with Gasteiger partial charge in [-0.05, 0) is 0 Å². The van der Waals surface area contributed by atoms with Crippen LogP contribution in [0, 0.1) is 0 Å². The fourth-order valence-corrected chi connectivity index (χ4v) is 0. The molecular formula is H6CuO3. The van der Waals surface area contributed by atoms with E-state index in [2.05, 4.69) is 0 Å². The van der Waals surface area contributed by atoms with E-state index < -0.39 is 0 Å². The molecule has 0 aliphatic carbocycles. The van der Waals surface area contributed by atoms with Crippen LogP contribution in [0.1, 0.15) is 0 Å². The standard InChI is InChI=1S/Cu.3H2O/h;3*1H2. The molecular weight excluding hydrogens is 112 g/mol. The second-order valence-electron chi connectivity index (χ2n) is 0. The summed E-state index contributed by atoms with van der Waals surface area (Å²) < 4.78 is 0. The molecule has 0 heterocycles. The summed E-state index contributed by atoms with van der Waals surface area (Å²) in [6.45, 7) is 0. The van der Waals surface area contributed by atoms with Crippen LogP contribution in [0.15, 0.2) is 0 Å². The minimum atomic E-state index is 0. The summed E-state index contributed by atoms with van der Waals surface area (Å²) in [5, 5.41) is 0. The van der Waals surface area contributed by atoms with Gasteiger partial charge in [-0.2, -0.15) is 0 Å². The van der Waals surface area contributed by atoms with E-state index in [4.69, 9.17) is 0 Å². The molecule has 0 aliphatic rings. The predicted molar refractivity (Wildman–Crippen MR) is 10.8 cm³/mol. The van der Waals surface area contributed by atoms with Crippen LogP contribution >= 0.6 is 0 Å². The molecule has 0 atom stereocenters. The van der Waals surface area contributed by atoms with Crippen molar-refractivity contribution in [2.24, 2.45) is 0 Å². The molecule has 0 aromatic heterocycles. The Labute approximate surface area is 34.4 Å². The summed E-state index contributed by atoms with van der Waals surface area (Å²) in [5.41, 5.74) is 0. The molecule has 1 radical (unpaired) electrons. The molecule has 3 nitrogen and oxygen atoms in total. The van der Waals surface area contributed by atoms with Crippen LogP contribution in [-0.2, 0) is 17.1 Å². The number of hydrogen-bond donors (Lipinski definition) is 0. The van der Waals surface area contributed by atoms with E-state index in [9.17, 15) is 0 Å². The summed E-state index contributed by atoms with van der Waals surface area (Å²) in [7, 11) is 0. The molecule has 4 heteroatoms. The molecule has 0 rings (SSSR count). The Hall–Kier alpha value is 0.399. The van der Waals surface area contributed by atoms with Crippen LogP contribution in [0.2, 0.25) is 0 Å². The van der Waals surface area contributed by atoms with Gasteiger partial charge < -0.3 is 16.4 Å². The normalized spacial score (nSPS) is 0. The maximum absolute atomic E-state index is 0. The SMILES string of the molecule is O.O.O.[Cu]. The minimum absolute atomic E-state index is 0. The van der Waals surface area contributed by atoms with Gasteiger partial charge in [0.05, 0.1) is 0 Å². The Kier molecular flexibility index (Phi) is 9770. The van der Waals surface area contributed by atoms with Crippen molar-refractivity contribution < 1.29 is 33.5 Å². The molecule has 0 aromatic carbocycles. The molecule has 0 saturated carbocycles. The van der Waals surface area contributed by atoms with E-state index in [0.29, 0.717) is 0 Å². The van der Waals surface area contributed by atoms with Crippen molar-refractivity contribution in [2.45, 2.75) is 0 Å². The van der Waals surface area contributed by atoms with Gasteiger partial charge in [0, 0.05) is 17.1 Å². The Morgan fingerprint density at radius 3 is 0.500 bits per heavy atom. The van der Waals surface area contributed by atoms with Crippen LogP contribution in [0.25, 0.3) is 0 Å². The van der Waals surface area contributed by atoms with Gasteiger partial charge in [-0.25, -0.2) is 0 Å². The molecule has 4 heavy (non-hydrogen) atoms.